The second-order valence-electron chi connectivity index (χ2n) is 10.1. The molecular formula is C28H57NO. The molecule has 0 radical (unpaired) electrons. The zero-order valence-corrected chi connectivity index (χ0v) is 21.4. The molecule has 1 saturated heterocycles. The van der Waals surface area contributed by atoms with E-state index in [1.807, 2.05) is 0 Å². The fourth-order valence-corrected chi connectivity index (χ4v) is 5.17. The Morgan fingerprint density at radius 1 is 0.667 bits per heavy atom. The number of hydrogen-bond acceptors (Lipinski definition) is 2. The Kier molecular flexibility index (Phi) is 18.3. The van der Waals surface area contributed by atoms with E-state index in [2.05, 4.69) is 32.6 Å². The second-order valence-corrected chi connectivity index (χ2v) is 10.1. The Morgan fingerprint density at radius 3 is 1.90 bits per heavy atom. The molecule has 2 nitrogen and oxygen atoms in total. The van der Waals surface area contributed by atoms with Crippen LogP contribution in [0.25, 0.3) is 0 Å². The minimum Gasteiger partial charge on any atom is -0.378 e. The molecule has 1 atom stereocenters. The fraction of sp³-hybridized carbons (Fsp3) is 1.00. The maximum absolute atomic E-state index is 6.19. The van der Waals surface area contributed by atoms with Gasteiger partial charge in [0, 0.05) is 19.7 Å². The molecule has 0 aromatic heterocycles. The molecule has 1 unspecified atom stereocenters. The van der Waals surface area contributed by atoms with Gasteiger partial charge in [-0.15, -0.1) is 0 Å². The Bertz CT molecular complexity index is 347. The van der Waals surface area contributed by atoms with Crippen LogP contribution in [-0.4, -0.2) is 37.2 Å². The van der Waals surface area contributed by atoms with Gasteiger partial charge in [-0.05, 0) is 50.5 Å². The maximum atomic E-state index is 6.19. The molecule has 0 aliphatic carbocycles. The van der Waals surface area contributed by atoms with Gasteiger partial charge in [0.2, 0.25) is 0 Å². The minimum atomic E-state index is 0.532. The summed E-state index contributed by atoms with van der Waals surface area (Å²) in [7, 11) is 0. The molecule has 30 heavy (non-hydrogen) atoms. The van der Waals surface area contributed by atoms with Crippen LogP contribution >= 0.6 is 0 Å². The van der Waals surface area contributed by atoms with Gasteiger partial charge in [0.25, 0.3) is 0 Å². The van der Waals surface area contributed by atoms with Gasteiger partial charge >= 0.3 is 0 Å². The highest BCUT2D eigenvalue weighted by Gasteiger charge is 2.19. The van der Waals surface area contributed by atoms with E-state index < -0.39 is 0 Å². The van der Waals surface area contributed by atoms with E-state index in [1.165, 1.54) is 129 Å². The minimum absolute atomic E-state index is 0.532. The number of piperidine rings is 1. The summed E-state index contributed by atoms with van der Waals surface area (Å²) in [5, 5.41) is 0. The number of rotatable bonds is 20. The predicted octanol–water partition coefficient (Wildman–Crippen LogP) is 8.63. The zero-order chi connectivity index (χ0) is 21.9. The third-order valence-corrected chi connectivity index (χ3v) is 7.57. The molecular weight excluding hydrogens is 366 g/mol. The van der Waals surface area contributed by atoms with Crippen LogP contribution in [0.5, 0.6) is 0 Å². The van der Waals surface area contributed by atoms with Crippen molar-refractivity contribution in [2.45, 2.75) is 143 Å². The molecule has 180 valence electrons. The summed E-state index contributed by atoms with van der Waals surface area (Å²) in [4.78, 5) is 2.70. The SMILES string of the molecule is CCCCCCC(CCCC)CCCCN1CCC(OCCCC(CC)CC)CC1. The molecule has 1 aliphatic rings. The summed E-state index contributed by atoms with van der Waals surface area (Å²) in [6, 6.07) is 0. The summed E-state index contributed by atoms with van der Waals surface area (Å²) in [5.41, 5.74) is 0. The third kappa shape index (κ3) is 14.1. The fourth-order valence-electron chi connectivity index (χ4n) is 5.17. The van der Waals surface area contributed by atoms with Crippen molar-refractivity contribution in [2.24, 2.45) is 11.8 Å². The first-order valence-electron chi connectivity index (χ1n) is 14.1. The van der Waals surface area contributed by atoms with E-state index in [9.17, 15) is 0 Å². The highest BCUT2D eigenvalue weighted by atomic mass is 16.5. The van der Waals surface area contributed by atoms with Crippen molar-refractivity contribution < 1.29 is 4.74 Å². The number of likely N-dealkylation sites (tertiary alicyclic amines) is 1. The molecule has 0 saturated carbocycles. The van der Waals surface area contributed by atoms with Crippen LogP contribution in [0.3, 0.4) is 0 Å². The van der Waals surface area contributed by atoms with Gasteiger partial charge in [-0.25, -0.2) is 0 Å². The lowest BCUT2D eigenvalue weighted by molar-refractivity contribution is 0.00448. The van der Waals surface area contributed by atoms with E-state index in [-0.39, 0.29) is 0 Å². The Labute approximate surface area is 190 Å². The topological polar surface area (TPSA) is 12.5 Å². The average Bonchev–Trinajstić information content (AvgIpc) is 2.78. The summed E-state index contributed by atoms with van der Waals surface area (Å²) >= 11 is 0. The molecule has 1 fully saturated rings. The van der Waals surface area contributed by atoms with E-state index in [1.54, 1.807) is 0 Å². The van der Waals surface area contributed by atoms with Gasteiger partial charge in [0.15, 0.2) is 0 Å². The van der Waals surface area contributed by atoms with Crippen LogP contribution < -0.4 is 0 Å². The quantitative estimate of drug-likeness (QED) is 0.182. The molecule has 1 heterocycles. The lowest BCUT2D eigenvalue weighted by atomic mass is 9.90. The number of unbranched alkanes of at least 4 members (excludes halogenated alkanes) is 5. The lowest BCUT2D eigenvalue weighted by Crippen LogP contribution is -2.37. The molecule has 0 amide bonds. The van der Waals surface area contributed by atoms with Crippen LogP contribution in [0.2, 0.25) is 0 Å². The highest BCUT2D eigenvalue weighted by molar-refractivity contribution is 4.73. The molecule has 1 aliphatic heterocycles. The van der Waals surface area contributed by atoms with Crippen molar-refractivity contribution in [1.82, 2.24) is 4.90 Å². The second kappa shape index (κ2) is 19.6. The van der Waals surface area contributed by atoms with Crippen LogP contribution in [0, 0.1) is 11.8 Å². The first-order chi connectivity index (χ1) is 14.7. The van der Waals surface area contributed by atoms with Gasteiger partial charge in [-0.1, -0.05) is 105 Å². The van der Waals surface area contributed by atoms with Gasteiger partial charge in [-0.3, -0.25) is 0 Å². The van der Waals surface area contributed by atoms with E-state index in [0.717, 1.165) is 18.4 Å². The zero-order valence-electron chi connectivity index (χ0n) is 21.4. The van der Waals surface area contributed by atoms with Crippen molar-refractivity contribution in [1.29, 1.82) is 0 Å². The number of ether oxygens (including phenoxy) is 1. The van der Waals surface area contributed by atoms with Crippen LogP contribution in [0.15, 0.2) is 0 Å². The average molecular weight is 424 g/mol. The standard InChI is InChI=1S/C28H57NO/c1-5-9-11-12-17-27(16-10-6-2)18-13-14-22-29-23-20-28(21-24-29)30-25-15-19-26(7-3)8-4/h26-28H,5-25H2,1-4H3. The molecule has 0 aromatic rings. The first kappa shape index (κ1) is 28.0. The van der Waals surface area contributed by atoms with Crippen molar-refractivity contribution in [2.75, 3.05) is 26.2 Å². The van der Waals surface area contributed by atoms with Crippen LogP contribution in [0.1, 0.15) is 137 Å². The molecule has 2 heteroatoms. The Morgan fingerprint density at radius 2 is 1.27 bits per heavy atom. The van der Waals surface area contributed by atoms with Crippen molar-refractivity contribution in [3.05, 3.63) is 0 Å². The number of hydrogen-bond donors (Lipinski definition) is 0. The van der Waals surface area contributed by atoms with Crippen molar-refractivity contribution >= 4 is 0 Å². The van der Waals surface area contributed by atoms with Crippen molar-refractivity contribution in [3.8, 4) is 0 Å². The van der Waals surface area contributed by atoms with E-state index in [4.69, 9.17) is 4.74 Å². The van der Waals surface area contributed by atoms with Gasteiger partial charge < -0.3 is 9.64 Å². The molecule has 0 aromatic carbocycles. The monoisotopic (exact) mass is 423 g/mol. The Balaban J connectivity index is 2.06. The van der Waals surface area contributed by atoms with Crippen molar-refractivity contribution in [3.63, 3.8) is 0 Å². The maximum Gasteiger partial charge on any atom is 0.0599 e. The normalized spacial score (nSPS) is 17.1. The molecule has 0 bridgehead atoms. The van der Waals surface area contributed by atoms with Gasteiger partial charge in [0.1, 0.15) is 0 Å². The largest absolute Gasteiger partial charge is 0.378 e. The Hall–Kier alpha value is -0.0800. The molecule has 0 spiro atoms. The summed E-state index contributed by atoms with van der Waals surface area (Å²) in [6.45, 7) is 14.1. The van der Waals surface area contributed by atoms with Gasteiger partial charge in [0.05, 0.1) is 6.10 Å². The molecule has 0 N–H and O–H groups in total. The summed E-state index contributed by atoms with van der Waals surface area (Å²) in [5.74, 6) is 1.91. The van der Waals surface area contributed by atoms with E-state index >= 15 is 0 Å². The molecule has 1 rings (SSSR count). The van der Waals surface area contributed by atoms with Gasteiger partial charge in [-0.2, -0.15) is 0 Å². The highest BCUT2D eigenvalue weighted by Crippen LogP contribution is 2.23. The smallest absolute Gasteiger partial charge is 0.0599 e. The lowest BCUT2D eigenvalue weighted by Gasteiger charge is -2.32. The van der Waals surface area contributed by atoms with Crippen LogP contribution in [-0.2, 0) is 4.74 Å². The summed E-state index contributed by atoms with van der Waals surface area (Å²) < 4.78 is 6.19. The first-order valence-corrected chi connectivity index (χ1v) is 14.1. The third-order valence-electron chi connectivity index (χ3n) is 7.57. The van der Waals surface area contributed by atoms with Crippen LogP contribution in [0.4, 0.5) is 0 Å². The number of nitrogens with zero attached hydrogens (tertiary/aromatic N) is 1. The predicted molar refractivity (Wildman–Crippen MR) is 134 cm³/mol. The summed E-state index contributed by atoms with van der Waals surface area (Å²) in [6.07, 6.45) is 24.1. The van der Waals surface area contributed by atoms with E-state index in [0.29, 0.717) is 6.10 Å².